The van der Waals surface area contributed by atoms with Crippen LogP contribution in [-0.4, -0.2) is 62.3 Å². The summed E-state index contributed by atoms with van der Waals surface area (Å²) in [5.74, 6) is -0.200. The Bertz CT molecular complexity index is 839. The lowest BCUT2D eigenvalue weighted by Gasteiger charge is -2.38. The van der Waals surface area contributed by atoms with E-state index in [1.165, 1.54) is 16.9 Å². The molecule has 0 unspecified atom stereocenters. The molecule has 10 heteroatoms. The smallest absolute Gasteiger partial charge is 0.407 e. The third-order valence-corrected chi connectivity index (χ3v) is 4.59. The number of rotatable bonds is 3. The molecule has 136 valence electrons. The van der Waals surface area contributed by atoms with Crippen molar-refractivity contribution < 1.29 is 18.7 Å². The second-order valence-corrected chi connectivity index (χ2v) is 6.50. The topological polar surface area (TPSA) is 102 Å². The molecule has 2 saturated heterocycles. The first-order valence-corrected chi connectivity index (χ1v) is 8.31. The van der Waals surface area contributed by atoms with Crippen molar-refractivity contribution in [3.8, 4) is 11.4 Å². The minimum atomic E-state index is -0.639. The third-order valence-electron chi connectivity index (χ3n) is 4.59. The molecule has 1 aromatic heterocycles. The Morgan fingerprint density at radius 2 is 2.15 bits per heavy atom. The van der Waals surface area contributed by atoms with E-state index >= 15 is 0 Å². The lowest BCUT2D eigenvalue weighted by molar-refractivity contribution is -0.137. The largest absolute Gasteiger partial charge is 0.439 e. The van der Waals surface area contributed by atoms with E-state index in [0.717, 1.165) is 12.8 Å². The predicted octanol–water partition coefficient (Wildman–Crippen LogP) is 0.580. The summed E-state index contributed by atoms with van der Waals surface area (Å²) in [6, 6.07) is 5.72. The molecule has 1 N–H and O–H groups in total. The number of halogens is 1. The maximum Gasteiger partial charge on any atom is 0.407 e. The second-order valence-electron chi connectivity index (χ2n) is 6.50. The van der Waals surface area contributed by atoms with Gasteiger partial charge in [0.2, 0.25) is 11.7 Å². The molecule has 4 rings (SSSR count). The summed E-state index contributed by atoms with van der Waals surface area (Å²) in [6.07, 6.45) is 1.04. The number of alkyl carbamates (subject to hydrolysis) is 1. The van der Waals surface area contributed by atoms with Crippen LogP contribution in [0.4, 0.5) is 9.18 Å². The van der Waals surface area contributed by atoms with Crippen LogP contribution in [0.15, 0.2) is 24.3 Å². The Kier molecular flexibility index (Phi) is 4.02. The van der Waals surface area contributed by atoms with Crippen LogP contribution < -0.4 is 5.32 Å². The molecule has 0 bridgehead atoms. The van der Waals surface area contributed by atoms with Gasteiger partial charge in [-0.3, -0.25) is 4.79 Å². The highest BCUT2D eigenvalue weighted by Crippen LogP contribution is 2.28. The van der Waals surface area contributed by atoms with E-state index in [4.69, 9.17) is 4.74 Å². The minimum absolute atomic E-state index is 0.0638. The van der Waals surface area contributed by atoms with Crippen molar-refractivity contribution in [1.29, 1.82) is 0 Å². The van der Waals surface area contributed by atoms with Gasteiger partial charge >= 0.3 is 6.09 Å². The van der Waals surface area contributed by atoms with E-state index in [9.17, 15) is 14.0 Å². The summed E-state index contributed by atoms with van der Waals surface area (Å²) in [5, 5.41) is 14.6. The van der Waals surface area contributed by atoms with Gasteiger partial charge in [0.1, 0.15) is 18.0 Å². The molecule has 1 atom stereocenters. The SMILES string of the molecule is O=C1NC[C@]2(CCCN(C(=O)Cn3nnc(-c4ccc(F)cc4)n3)C2)O1. The maximum absolute atomic E-state index is 13.0. The van der Waals surface area contributed by atoms with Crippen LogP contribution in [0.1, 0.15) is 12.8 Å². The first-order chi connectivity index (χ1) is 12.5. The summed E-state index contributed by atoms with van der Waals surface area (Å²) in [7, 11) is 0. The fourth-order valence-electron chi connectivity index (χ4n) is 3.29. The van der Waals surface area contributed by atoms with Crippen molar-refractivity contribution >= 4 is 12.0 Å². The molecule has 2 amide bonds. The van der Waals surface area contributed by atoms with Gasteiger partial charge < -0.3 is 15.0 Å². The molecule has 2 aliphatic rings. The van der Waals surface area contributed by atoms with E-state index in [1.54, 1.807) is 17.0 Å². The fraction of sp³-hybridized carbons (Fsp3) is 0.438. The number of amides is 2. The zero-order valence-corrected chi connectivity index (χ0v) is 13.9. The summed E-state index contributed by atoms with van der Waals surface area (Å²) in [5.41, 5.74) is -0.0222. The van der Waals surface area contributed by atoms with Gasteiger partial charge in [-0.05, 0) is 42.3 Å². The Balaban J connectivity index is 1.42. The number of hydrogen-bond acceptors (Lipinski definition) is 6. The molecule has 1 aromatic carbocycles. The van der Waals surface area contributed by atoms with Crippen LogP contribution in [0, 0.1) is 5.82 Å². The lowest BCUT2D eigenvalue weighted by Crippen LogP contribution is -2.53. The van der Waals surface area contributed by atoms with E-state index < -0.39 is 11.7 Å². The van der Waals surface area contributed by atoms with E-state index in [2.05, 4.69) is 20.7 Å². The van der Waals surface area contributed by atoms with Crippen molar-refractivity contribution in [2.45, 2.75) is 25.0 Å². The highest BCUT2D eigenvalue weighted by molar-refractivity contribution is 5.76. The molecule has 1 spiro atoms. The van der Waals surface area contributed by atoms with E-state index in [0.29, 0.717) is 31.0 Å². The van der Waals surface area contributed by atoms with Gasteiger partial charge in [0.15, 0.2) is 0 Å². The number of aromatic nitrogens is 4. The highest BCUT2D eigenvalue weighted by atomic mass is 19.1. The molecule has 9 nitrogen and oxygen atoms in total. The number of nitrogens with one attached hydrogen (secondary N) is 1. The van der Waals surface area contributed by atoms with Gasteiger partial charge in [-0.1, -0.05) is 0 Å². The Morgan fingerprint density at radius 3 is 2.88 bits per heavy atom. The summed E-state index contributed by atoms with van der Waals surface area (Å²) >= 11 is 0. The number of carbonyl (C=O) groups excluding carboxylic acids is 2. The van der Waals surface area contributed by atoms with Crippen LogP contribution in [-0.2, 0) is 16.1 Å². The molecule has 3 heterocycles. The zero-order chi connectivity index (χ0) is 18.1. The van der Waals surface area contributed by atoms with Gasteiger partial charge in [-0.2, -0.15) is 4.80 Å². The Labute approximate surface area is 148 Å². The number of piperidine rings is 1. The number of hydrogen-bond donors (Lipinski definition) is 1. The van der Waals surface area contributed by atoms with Crippen molar-refractivity contribution in [2.75, 3.05) is 19.6 Å². The Morgan fingerprint density at radius 1 is 1.35 bits per heavy atom. The average Bonchev–Trinajstić information content (AvgIpc) is 3.23. The van der Waals surface area contributed by atoms with Crippen LogP contribution in [0.25, 0.3) is 11.4 Å². The second kappa shape index (κ2) is 6.36. The van der Waals surface area contributed by atoms with Gasteiger partial charge in [-0.15, -0.1) is 10.2 Å². The standard InChI is InChI=1S/C16H17FN6O3/c17-12-4-2-11(3-5-12)14-19-21-23(20-14)8-13(24)22-7-1-6-16(10-22)9-18-15(25)26-16/h2-5H,1,6-10H2,(H,18,25)/t16-/m0/s1. The molecular weight excluding hydrogens is 343 g/mol. The van der Waals surface area contributed by atoms with Gasteiger partial charge in [-0.25, -0.2) is 9.18 Å². The van der Waals surface area contributed by atoms with E-state index in [1.807, 2.05) is 0 Å². The minimum Gasteiger partial charge on any atom is -0.439 e. The molecule has 2 aliphatic heterocycles. The third kappa shape index (κ3) is 3.22. The molecule has 2 fully saturated rings. The molecule has 0 aliphatic carbocycles. The van der Waals surface area contributed by atoms with Gasteiger partial charge in [0, 0.05) is 12.1 Å². The van der Waals surface area contributed by atoms with Gasteiger partial charge in [0.25, 0.3) is 0 Å². The molecule has 0 saturated carbocycles. The monoisotopic (exact) mass is 360 g/mol. The molecule has 2 aromatic rings. The number of benzene rings is 1. The molecular formula is C16H17FN6O3. The summed E-state index contributed by atoms with van der Waals surface area (Å²) in [4.78, 5) is 26.8. The number of ether oxygens (including phenoxy) is 1. The maximum atomic E-state index is 13.0. The molecule has 0 radical (unpaired) electrons. The Hall–Kier alpha value is -3.04. The predicted molar refractivity (Wildman–Crippen MR) is 86.2 cm³/mol. The number of tetrazole rings is 1. The first-order valence-electron chi connectivity index (χ1n) is 8.31. The van der Waals surface area contributed by atoms with Crippen LogP contribution in [0.3, 0.4) is 0 Å². The van der Waals surface area contributed by atoms with Crippen LogP contribution in [0.5, 0.6) is 0 Å². The van der Waals surface area contributed by atoms with Crippen molar-refractivity contribution in [3.05, 3.63) is 30.1 Å². The molecule has 26 heavy (non-hydrogen) atoms. The lowest BCUT2D eigenvalue weighted by atomic mass is 9.93. The van der Waals surface area contributed by atoms with Crippen molar-refractivity contribution in [1.82, 2.24) is 30.4 Å². The summed E-state index contributed by atoms with van der Waals surface area (Å²) < 4.78 is 18.4. The number of nitrogens with zero attached hydrogens (tertiary/aromatic N) is 5. The van der Waals surface area contributed by atoms with Gasteiger partial charge in [0.05, 0.1) is 13.1 Å². The van der Waals surface area contributed by atoms with Crippen LogP contribution in [0.2, 0.25) is 0 Å². The van der Waals surface area contributed by atoms with Crippen LogP contribution >= 0.6 is 0 Å². The highest BCUT2D eigenvalue weighted by Gasteiger charge is 2.44. The van der Waals surface area contributed by atoms with Crippen molar-refractivity contribution in [2.24, 2.45) is 0 Å². The zero-order valence-electron chi connectivity index (χ0n) is 13.9. The number of likely N-dealkylation sites (tertiary alicyclic amines) is 1. The van der Waals surface area contributed by atoms with E-state index in [-0.39, 0.29) is 18.3 Å². The average molecular weight is 360 g/mol. The number of carbonyl (C=O) groups is 2. The quantitative estimate of drug-likeness (QED) is 0.859. The fourth-order valence-corrected chi connectivity index (χ4v) is 3.29. The van der Waals surface area contributed by atoms with Crippen molar-refractivity contribution in [3.63, 3.8) is 0 Å². The normalized spacial score (nSPS) is 22.3. The summed E-state index contributed by atoms with van der Waals surface area (Å²) in [6.45, 7) is 1.29. The first kappa shape index (κ1) is 16.4.